The van der Waals surface area contributed by atoms with Crippen LogP contribution in [0.4, 0.5) is 5.82 Å². The molecule has 7 nitrogen and oxygen atoms in total. The molecule has 33 heavy (non-hydrogen) atoms. The third-order valence-electron chi connectivity index (χ3n) is 5.27. The van der Waals surface area contributed by atoms with E-state index >= 15 is 0 Å². The lowest BCUT2D eigenvalue weighted by molar-refractivity contribution is 0.102. The molecular formula is C24H19Cl2N5O2. The van der Waals surface area contributed by atoms with E-state index in [0.717, 1.165) is 27.6 Å². The zero-order valence-electron chi connectivity index (χ0n) is 18.3. The number of aromatic nitrogens is 3. The fourth-order valence-corrected chi connectivity index (χ4v) is 4.24. The molecule has 0 fully saturated rings. The van der Waals surface area contributed by atoms with Crippen LogP contribution in [0.5, 0.6) is 5.75 Å². The zero-order chi connectivity index (χ0) is 23.9. The Kier molecular flexibility index (Phi) is 5.98. The number of nitrogens with zero attached hydrogens (tertiary/aromatic N) is 4. The summed E-state index contributed by atoms with van der Waals surface area (Å²) in [5, 5.41) is 18.1. The quantitative estimate of drug-likeness (QED) is 0.400. The zero-order valence-corrected chi connectivity index (χ0v) is 19.8. The Morgan fingerprint density at radius 2 is 1.85 bits per heavy atom. The molecule has 0 spiro atoms. The summed E-state index contributed by atoms with van der Waals surface area (Å²) >= 11 is 12.4. The standard InChI is InChI=1S/C24H19Cl2N5O2/c1-12-7-14(3)21-16(8-12)13(2)9-19(29-21)31-23(15(10-27)11-28-31)30-24(32)20-17(25)5-6-18(26)22(20)33-4/h5-9,11H,1-4H3,(H,30,32). The number of aryl methyl sites for hydroxylation is 3. The Hall–Kier alpha value is -3.60. The lowest BCUT2D eigenvalue weighted by atomic mass is 10.0. The molecule has 9 heteroatoms. The molecule has 2 heterocycles. The first-order valence-electron chi connectivity index (χ1n) is 9.95. The fourth-order valence-electron chi connectivity index (χ4n) is 3.77. The Morgan fingerprint density at radius 1 is 1.12 bits per heavy atom. The largest absolute Gasteiger partial charge is 0.494 e. The highest BCUT2D eigenvalue weighted by Crippen LogP contribution is 2.35. The molecule has 166 valence electrons. The van der Waals surface area contributed by atoms with E-state index in [-0.39, 0.29) is 32.7 Å². The topological polar surface area (TPSA) is 92.8 Å². The van der Waals surface area contributed by atoms with Crippen LogP contribution in [0.2, 0.25) is 10.0 Å². The van der Waals surface area contributed by atoms with Gasteiger partial charge in [0.2, 0.25) is 0 Å². The SMILES string of the molecule is COc1c(Cl)ccc(Cl)c1C(=O)Nc1c(C#N)cnn1-c1cc(C)c2cc(C)cc(C)c2n1. The summed E-state index contributed by atoms with van der Waals surface area (Å²) in [5.41, 5.74) is 4.19. The van der Waals surface area contributed by atoms with E-state index in [2.05, 4.69) is 28.6 Å². The minimum absolute atomic E-state index is 0.0530. The van der Waals surface area contributed by atoms with Crippen molar-refractivity contribution in [3.63, 3.8) is 0 Å². The van der Waals surface area contributed by atoms with Gasteiger partial charge in [0.05, 0.1) is 28.9 Å². The van der Waals surface area contributed by atoms with E-state index in [1.165, 1.54) is 30.1 Å². The third-order valence-corrected chi connectivity index (χ3v) is 5.88. The van der Waals surface area contributed by atoms with E-state index in [4.69, 9.17) is 32.9 Å². The second-order valence-corrected chi connectivity index (χ2v) is 8.41. The van der Waals surface area contributed by atoms with Gasteiger partial charge in [-0.3, -0.25) is 4.79 Å². The lowest BCUT2D eigenvalue weighted by Gasteiger charge is -2.14. The van der Waals surface area contributed by atoms with Crippen LogP contribution in [0.15, 0.2) is 36.5 Å². The van der Waals surface area contributed by atoms with E-state index in [0.29, 0.717) is 5.82 Å². The number of halogens is 2. The van der Waals surface area contributed by atoms with Crippen molar-refractivity contribution in [2.75, 3.05) is 12.4 Å². The van der Waals surface area contributed by atoms with Crippen molar-refractivity contribution in [2.24, 2.45) is 0 Å². The molecule has 1 N–H and O–H groups in total. The van der Waals surface area contributed by atoms with Crippen molar-refractivity contribution in [1.29, 1.82) is 5.26 Å². The third kappa shape index (κ3) is 3.99. The van der Waals surface area contributed by atoms with Crippen LogP contribution in [0, 0.1) is 32.1 Å². The number of nitrogens with one attached hydrogen (secondary N) is 1. The first-order valence-corrected chi connectivity index (χ1v) is 10.7. The lowest BCUT2D eigenvalue weighted by Crippen LogP contribution is -2.18. The van der Waals surface area contributed by atoms with Crippen LogP contribution in [-0.2, 0) is 0 Å². The number of pyridine rings is 1. The van der Waals surface area contributed by atoms with Crippen LogP contribution in [0.3, 0.4) is 0 Å². The molecule has 0 bridgehead atoms. The number of benzene rings is 2. The van der Waals surface area contributed by atoms with Gasteiger partial charge < -0.3 is 10.1 Å². The number of anilines is 1. The molecule has 2 aromatic heterocycles. The fraction of sp³-hybridized carbons (Fsp3) is 0.167. The van der Waals surface area contributed by atoms with E-state index in [9.17, 15) is 10.1 Å². The van der Waals surface area contributed by atoms with Gasteiger partial charge in [-0.05, 0) is 56.2 Å². The number of nitriles is 1. The van der Waals surface area contributed by atoms with Crippen molar-refractivity contribution in [2.45, 2.75) is 20.8 Å². The predicted octanol–water partition coefficient (Wildman–Crippen LogP) is 5.79. The minimum atomic E-state index is -0.595. The minimum Gasteiger partial charge on any atom is -0.494 e. The monoisotopic (exact) mass is 479 g/mol. The molecule has 1 amide bonds. The summed E-state index contributed by atoms with van der Waals surface area (Å²) < 4.78 is 6.70. The number of hydrogen-bond donors (Lipinski definition) is 1. The maximum absolute atomic E-state index is 13.2. The van der Waals surface area contributed by atoms with Crippen LogP contribution in [0.25, 0.3) is 16.7 Å². The Balaban J connectivity index is 1.85. The van der Waals surface area contributed by atoms with Crippen LogP contribution in [-0.4, -0.2) is 27.8 Å². The molecule has 0 saturated heterocycles. The molecule has 0 aliphatic rings. The smallest absolute Gasteiger partial charge is 0.262 e. The van der Waals surface area contributed by atoms with Crippen molar-refractivity contribution in [3.8, 4) is 17.6 Å². The van der Waals surface area contributed by atoms with Gasteiger partial charge in [0.25, 0.3) is 5.91 Å². The average molecular weight is 480 g/mol. The first kappa shape index (κ1) is 22.6. The molecule has 2 aromatic carbocycles. The second-order valence-electron chi connectivity index (χ2n) is 7.60. The maximum Gasteiger partial charge on any atom is 0.262 e. The number of fused-ring (bicyclic) bond motifs is 1. The summed E-state index contributed by atoms with van der Waals surface area (Å²) in [6, 6.07) is 11.1. The molecule has 0 aliphatic carbocycles. The summed E-state index contributed by atoms with van der Waals surface area (Å²) in [4.78, 5) is 18.0. The van der Waals surface area contributed by atoms with E-state index in [1.807, 2.05) is 26.8 Å². The summed E-state index contributed by atoms with van der Waals surface area (Å²) in [6.07, 6.45) is 1.37. The number of methoxy groups -OCH3 is 1. The van der Waals surface area contributed by atoms with Gasteiger partial charge in [-0.25, -0.2) is 4.98 Å². The van der Waals surface area contributed by atoms with Crippen molar-refractivity contribution in [1.82, 2.24) is 14.8 Å². The molecule has 4 aromatic rings. The first-order chi connectivity index (χ1) is 15.7. The van der Waals surface area contributed by atoms with Crippen molar-refractivity contribution >= 4 is 45.8 Å². The predicted molar refractivity (Wildman–Crippen MR) is 129 cm³/mol. The highest BCUT2D eigenvalue weighted by atomic mass is 35.5. The molecular weight excluding hydrogens is 461 g/mol. The number of rotatable bonds is 4. The molecule has 0 saturated carbocycles. The summed E-state index contributed by atoms with van der Waals surface area (Å²) in [6.45, 7) is 6.01. The number of hydrogen-bond acceptors (Lipinski definition) is 5. The Morgan fingerprint density at radius 3 is 2.55 bits per heavy atom. The molecule has 4 rings (SSSR count). The summed E-state index contributed by atoms with van der Waals surface area (Å²) in [7, 11) is 1.39. The van der Waals surface area contributed by atoms with Gasteiger partial charge in [0.15, 0.2) is 17.4 Å². The van der Waals surface area contributed by atoms with Gasteiger partial charge >= 0.3 is 0 Å². The maximum atomic E-state index is 13.2. The number of carbonyl (C=O) groups excluding carboxylic acids is 1. The van der Waals surface area contributed by atoms with Crippen molar-refractivity contribution in [3.05, 3.63) is 74.4 Å². The van der Waals surface area contributed by atoms with Crippen LogP contribution >= 0.6 is 23.2 Å². The number of carbonyl (C=O) groups is 1. The molecule has 0 radical (unpaired) electrons. The van der Waals surface area contributed by atoms with E-state index in [1.54, 1.807) is 0 Å². The van der Waals surface area contributed by atoms with Gasteiger partial charge in [0, 0.05) is 5.39 Å². The van der Waals surface area contributed by atoms with Gasteiger partial charge in [-0.15, -0.1) is 0 Å². The normalized spacial score (nSPS) is 10.8. The highest BCUT2D eigenvalue weighted by Gasteiger charge is 2.23. The number of ether oxygens (including phenoxy) is 1. The van der Waals surface area contributed by atoms with Gasteiger partial charge in [-0.1, -0.05) is 34.8 Å². The average Bonchev–Trinajstić information content (AvgIpc) is 3.18. The molecule has 0 unspecified atom stereocenters. The highest BCUT2D eigenvalue weighted by molar-refractivity contribution is 6.37. The van der Waals surface area contributed by atoms with Crippen molar-refractivity contribution < 1.29 is 9.53 Å². The second kappa shape index (κ2) is 8.74. The summed E-state index contributed by atoms with van der Waals surface area (Å²) in [5.74, 6) is 0.170. The van der Waals surface area contributed by atoms with E-state index < -0.39 is 5.91 Å². The molecule has 0 aliphatic heterocycles. The van der Waals surface area contributed by atoms with Gasteiger partial charge in [-0.2, -0.15) is 15.0 Å². The number of amides is 1. The Bertz CT molecular complexity index is 1470. The molecule has 0 atom stereocenters. The van der Waals surface area contributed by atoms with Gasteiger partial charge in [0.1, 0.15) is 17.2 Å². The Labute approximate surface area is 200 Å². The van der Waals surface area contributed by atoms with Crippen LogP contribution in [0.1, 0.15) is 32.6 Å². The van der Waals surface area contributed by atoms with Crippen LogP contribution < -0.4 is 10.1 Å².